The Morgan fingerprint density at radius 3 is 2.35 bits per heavy atom. The average molecular weight is 423 g/mol. The highest BCUT2D eigenvalue weighted by atomic mass is 127. The summed E-state index contributed by atoms with van der Waals surface area (Å²) in [6.07, 6.45) is 2.13. The Balaban J connectivity index is 0.00000192. The van der Waals surface area contributed by atoms with Gasteiger partial charge in [0, 0.05) is 5.69 Å². The number of aliphatic imine (C=N–C) groups is 1. The predicted octanol–water partition coefficient (Wildman–Crippen LogP) is 3.99. The first kappa shape index (κ1) is 17.6. The summed E-state index contributed by atoms with van der Waals surface area (Å²) < 4.78 is 5.13. The zero-order valence-electron chi connectivity index (χ0n) is 13.1. The highest BCUT2D eigenvalue weighted by Gasteiger charge is 2.29. The Hall–Kier alpha value is -1.76. The minimum atomic E-state index is 0. The Labute approximate surface area is 154 Å². The lowest BCUT2D eigenvalue weighted by atomic mass is 9.76. The van der Waals surface area contributed by atoms with Gasteiger partial charge in [0.15, 0.2) is 5.96 Å². The van der Waals surface area contributed by atoms with E-state index in [9.17, 15) is 0 Å². The molecule has 3 rings (SSSR count). The molecule has 0 aromatic heterocycles. The van der Waals surface area contributed by atoms with Crippen molar-refractivity contribution in [1.82, 2.24) is 0 Å². The number of ether oxygens (including phenoxy) is 1. The van der Waals surface area contributed by atoms with Crippen molar-refractivity contribution in [1.29, 1.82) is 0 Å². The second-order valence-electron chi connectivity index (χ2n) is 5.60. The Bertz CT molecular complexity index is 637. The van der Waals surface area contributed by atoms with Crippen LogP contribution in [0.15, 0.2) is 59.6 Å². The van der Waals surface area contributed by atoms with Crippen molar-refractivity contribution in [2.45, 2.75) is 24.8 Å². The second-order valence-corrected chi connectivity index (χ2v) is 5.60. The Morgan fingerprint density at radius 1 is 1.09 bits per heavy atom. The minimum absolute atomic E-state index is 0. The van der Waals surface area contributed by atoms with Gasteiger partial charge in [0.25, 0.3) is 0 Å². The Morgan fingerprint density at radius 2 is 1.74 bits per heavy atom. The molecule has 0 heterocycles. The van der Waals surface area contributed by atoms with Gasteiger partial charge in [-0.15, -0.1) is 24.0 Å². The molecule has 23 heavy (non-hydrogen) atoms. The number of anilines is 1. The van der Waals surface area contributed by atoms with Crippen molar-refractivity contribution in [3.63, 3.8) is 0 Å². The lowest BCUT2D eigenvalue weighted by molar-refractivity contribution is 0.353. The van der Waals surface area contributed by atoms with Crippen LogP contribution in [0.25, 0.3) is 0 Å². The van der Waals surface area contributed by atoms with Gasteiger partial charge in [0.2, 0.25) is 0 Å². The van der Waals surface area contributed by atoms with Crippen molar-refractivity contribution in [3.05, 3.63) is 60.2 Å². The molecule has 0 saturated heterocycles. The molecule has 5 heteroatoms. The van der Waals surface area contributed by atoms with Crippen molar-refractivity contribution in [2.75, 3.05) is 12.4 Å². The van der Waals surface area contributed by atoms with Gasteiger partial charge in [0.1, 0.15) is 5.75 Å². The van der Waals surface area contributed by atoms with Crippen molar-refractivity contribution < 1.29 is 4.74 Å². The number of halogens is 1. The molecule has 1 aliphatic rings. The van der Waals surface area contributed by atoms with E-state index in [0.717, 1.165) is 24.3 Å². The zero-order valence-corrected chi connectivity index (χ0v) is 15.4. The van der Waals surface area contributed by atoms with Crippen LogP contribution in [-0.2, 0) is 0 Å². The van der Waals surface area contributed by atoms with Gasteiger partial charge in [0.05, 0.1) is 13.2 Å². The summed E-state index contributed by atoms with van der Waals surface area (Å²) in [4.78, 5) is 4.55. The predicted molar refractivity (Wildman–Crippen MR) is 106 cm³/mol. The van der Waals surface area contributed by atoms with E-state index in [1.54, 1.807) is 7.11 Å². The number of hydrogen-bond acceptors (Lipinski definition) is 2. The largest absolute Gasteiger partial charge is 0.497 e. The fraction of sp³-hybridized carbons (Fsp3) is 0.278. The van der Waals surface area contributed by atoms with E-state index in [-0.39, 0.29) is 24.0 Å². The summed E-state index contributed by atoms with van der Waals surface area (Å²) in [5.41, 5.74) is 8.29. The molecule has 122 valence electrons. The molecule has 2 aromatic carbocycles. The molecule has 0 atom stereocenters. The van der Waals surface area contributed by atoms with Gasteiger partial charge < -0.3 is 15.8 Å². The molecule has 3 N–H and O–H groups in total. The molecule has 0 unspecified atom stereocenters. The van der Waals surface area contributed by atoms with Crippen LogP contribution in [0.4, 0.5) is 5.69 Å². The molecule has 0 spiro atoms. The standard InChI is InChI=1S/C18H21N3O.HI/c1-22-17-9-7-15(8-10-17)20-18(19)21-16-11-14(12-16)13-5-3-2-4-6-13;/h2-10,14,16H,11-12H2,1H3,(H3,19,20,21);1H. The van der Waals surface area contributed by atoms with Gasteiger partial charge in [-0.1, -0.05) is 30.3 Å². The number of nitrogens with one attached hydrogen (secondary N) is 1. The second kappa shape index (κ2) is 8.19. The van der Waals surface area contributed by atoms with Crippen LogP contribution in [0.2, 0.25) is 0 Å². The summed E-state index contributed by atoms with van der Waals surface area (Å²) >= 11 is 0. The summed E-state index contributed by atoms with van der Waals surface area (Å²) in [6.45, 7) is 0. The molecule has 0 radical (unpaired) electrons. The van der Waals surface area contributed by atoms with Gasteiger partial charge in [-0.2, -0.15) is 0 Å². The minimum Gasteiger partial charge on any atom is -0.497 e. The van der Waals surface area contributed by atoms with Crippen molar-refractivity contribution >= 4 is 35.6 Å². The highest BCUT2D eigenvalue weighted by molar-refractivity contribution is 14.0. The molecule has 0 bridgehead atoms. The SMILES string of the molecule is COc1ccc(NC(N)=NC2CC(c3ccccc3)C2)cc1.I. The van der Waals surface area contributed by atoms with E-state index in [1.165, 1.54) is 5.56 Å². The molecular weight excluding hydrogens is 401 g/mol. The lowest BCUT2D eigenvalue weighted by Crippen LogP contribution is -2.31. The normalized spacial score (nSPS) is 20.1. The van der Waals surface area contributed by atoms with E-state index in [0.29, 0.717) is 17.9 Å². The van der Waals surface area contributed by atoms with Crippen LogP contribution in [0.3, 0.4) is 0 Å². The zero-order chi connectivity index (χ0) is 15.4. The van der Waals surface area contributed by atoms with Crippen molar-refractivity contribution in [2.24, 2.45) is 10.7 Å². The van der Waals surface area contributed by atoms with Crippen LogP contribution < -0.4 is 15.8 Å². The molecule has 1 fully saturated rings. The summed E-state index contributed by atoms with van der Waals surface area (Å²) in [5.74, 6) is 1.91. The molecule has 1 saturated carbocycles. The van der Waals surface area contributed by atoms with Gasteiger partial charge in [-0.3, -0.25) is 0 Å². The third kappa shape index (κ3) is 4.60. The lowest BCUT2D eigenvalue weighted by Gasteiger charge is -2.33. The number of methoxy groups -OCH3 is 1. The summed E-state index contributed by atoms with van der Waals surface area (Å²) in [5, 5.41) is 3.12. The first-order valence-electron chi connectivity index (χ1n) is 7.54. The summed E-state index contributed by atoms with van der Waals surface area (Å²) in [7, 11) is 1.65. The number of benzene rings is 2. The highest BCUT2D eigenvalue weighted by Crippen LogP contribution is 2.38. The van der Waals surface area contributed by atoms with Gasteiger partial charge in [-0.05, 0) is 48.6 Å². The maximum Gasteiger partial charge on any atom is 0.193 e. The number of nitrogens with zero attached hydrogens (tertiary/aromatic N) is 1. The van der Waals surface area contributed by atoms with Crippen LogP contribution in [0.1, 0.15) is 24.3 Å². The average Bonchev–Trinajstić information content (AvgIpc) is 2.52. The van der Waals surface area contributed by atoms with Crippen LogP contribution in [-0.4, -0.2) is 19.1 Å². The number of guanidine groups is 1. The third-order valence-electron chi connectivity index (χ3n) is 4.07. The molecule has 0 amide bonds. The third-order valence-corrected chi connectivity index (χ3v) is 4.07. The van der Waals surface area contributed by atoms with Crippen LogP contribution >= 0.6 is 24.0 Å². The maximum absolute atomic E-state index is 5.98. The molecule has 0 aliphatic heterocycles. The fourth-order valence-electron chi connectivity index (χ4n) is 2.74. The monoisotopic (exact) mass is 423 g/mol. The molecule has 1 aliphatic carbocycles. The maximum atomic E-state index is 5.98. The molecule has 4 nitrogen and oxygen atoms in total. The van der Waals surface area contributed by atoms with Gasteiger partial charge >= 0.3 is 0 Å². The van der Waals surface area contributed by atoms with Crippen LogP contribution in [0.5, 0.6) is 5.75 Å². The Kier molecular flexibility index (Phi) is 6.27. The fourth-order valence-corrected chi connectivity index (χ4v) is 2.74. The quantitative estimate of drug-likeness (QED) is 0.444. The van der Waals surface area contributed by atoms with E-state index < -0.39 is 0 Å². The van der Waals surface area contributed by atoms with E-state index in [2.05, 4.69) is 40.6 Å². The van der Waals surface area contributed by atoms with E-state index in [4.69, 9.17) is 10.5 Å². The number of nitrogens with two attached hydrogens (primary N) is 1. The number of hydrogen-bond donors (Lipinski definition) is 2. The summed E-state index contributed by atoms with van der Waals surface area (Å²) in [6, 6.07) is 18.5. The van der Waals surface area contributed by atoms with Gasteiger partial charge in [-0.25, -0.2) is 4.99 Å². The topological polar surface area (TPSA) is 59.6 Å². The smallest absolute Gasteiger partial charge is 0.193 e. The van der Waals surface area contributed by atoms with Crippen LogP contribution in [0, 0.1) is 0 Å². The van der Waals surface area contributed by atoms with Crippen molar-refractivity contribution in [3.8, 4) is 5.75 Å². The first-order chi connectivity index (χ1) is 10.7. The van der Waals surface area contributed by atoms with E-state index in [1.807, 2.05) is 24.3 Å². The number of rotatable bonds is 4. The molecule has 2 aromatic rings. The van der Waals surface area contributed by atoms with E-state index >= 15 is 0 Å². The molecular formula is C18H22IN3O. The first-order valence-corrected chi connectivity index (χ1v) is 7.54.